The summed E-state index contributed by atoms with van der Waals surface area (Å²) in [4.78, 5) is 32.2. The number of carbonyl (C=O) groups is 2. The second-order valence-corrected chi connectivity index (χ2v) is 6.44. The Kier molecular flexibility index (Phi) is 7.33. The molecule has 24 heavy (non-hydrogen) atoms. The van der Waals surface area contributed by atoms with Crippen LogP contribution in [0.2, 0.25) is 0 Å². The minimum absolute atomic E-state index is 0.147. The zero-order valence-electron chi connectivity index (χ0n) is 13.5. The summed E-state index contributed by atoms with van der Waals surface area (Å²) in [6.45, 7) is 4.21. The molecule has 2 rings (SSSR count). The van der Waals surface area contributed by atoms with E-state index in [-0.39, 0.29) is 23.4 Å². The molecule has 0 aliphatic rings. The lowest BCUT2D eigenvalue weighted by atomic mass is 10.3. The Morgan fingerprint density at radius 3 is 1.67 bits per heavy atom. The average molecular weight is 366 g/mol. The Balaban J connectivity index is 2.19. The number of hydrogen-bond acceptors (Lipinski definition) is 8. The van der Waals surface area contributed by atoms with E-state index in [2.05, 4.69) is 9.97 Å². The molecule has 0 amide bonds. The molecule has 1 aromatic heterocycles. The molecular weight excluding hydrogens is 348 g/mol. The third-order valence-corrected chi connectivity index (χ3v) is 4.78. The average Bonchev–Trinajstić information content (AvgIpc) is 2.58. The maximum atomic E-state index is 11.6. The fourth-order valence-electron chi connectivity index (χ4n) is 1.82. The van der Waals surface area contributed by atoms with E-state index in [1.807, 2.05) is 24.3 Å². The maximum Gasteiger partial charge on any atom is 0.316 e. The standard InChI is InChI=1S/C16H18N2O4S2/c1-3-21-13(19)9-23-15-16(24-10-14(20)22-4-2)18-12-8-6-5-7-11(12)17-15/h5-8H,3-4,9-10H2,1-2H3. The van der Waals surface area contributed by atoms with E-state index in [4.69, 9.17) is 9.47 Å². The van der Waals surface area contributed by atoms with Gasteiger partial charge in [0.25, 0.3) is 0 Å². The van der Waals surface area contributed by atoms with Gasteiger partial charge in [-0.25, -0.2) is 9.97 Å². The summed E-state index contributed by atoms with van der Waals surface area (Å²) >= 11 is 2.51. The van der Waals surface area contributed by atoms with Gasteiger partial charge in [0.05, 0.1) is 35.8 Å². The van der Waals surface area contributed by atoms with E-state index < -0.39 is 0 Å². The predicted molar refractivity (Wildman–Crippen MR) is 94.3 cm³/mol. The Morgan fingerprint density at radius 2 is 1.29 bits per heavy atom. The van der Waals surface area contributed by atoms with Gasteiger partial charge in [0.1, 0.15) is 10.1 Å². The molecule has 0 fully saturated rings. The summed E-state index contributed by atoms with van der Waals surface area (Å²) in [5, 5.41) is 1.21. The summed E-state index contributed by atoms with van der Waals surface area (Å²) in [5.41, 5.74) is 1.48. The molecule has 2 aromatic rings. The van der Waals surface area contributed by atoms with Crippen LogP contribution in [0.4, 0.5) is 0 Å². The van der Waals surface area contributed by atoms with Crippen LogP contribution >= 0.6 is 23.5 Å². The highest BCUT2D eigenvalue weighted by Gasteiger charge is 2.14. The highest BCUT2D eigenvalue weighted by Crippen LogP contribution is 2.29. The summed E-state index contributed by atoms with van der Waals surface area (Å²) in [7, 11) is 0. The first-order valence-corrected chi connectivity index (χ1v) is 9.44. The number of aromatic nitrogens is 2. The van der Waals surface area contributed by atoms with Crippen LogP contribution in [0, 0.1) is 0 Å². The monoisotopic (exact) mass is 366 g/mol. The highest BCUT2D eigenvalue weighted by molar-refractivity contribution is 8.02. The van der Waals surface area contributed by atoms with Crippen molar-refractivity contribution in [2.24, 2.45) is 0 Å². The Morgan fingerprint density at radius 1 is 0.875 bits per heavy atom. The first-order chi connectivity index (χ1) is 11.6. The van der Waals surface area contributed by atoms with E-state index in [9.17, 15) is 9.59 Å². The van der Waals surface area contributed by atoms with Gasteiger partial charge in [-0.05, 0) is 26.0 Å². The van der Waals surface area contributed by atoms with Crippen molar-refractivity contribution in [3.63, 3.8) is 0 Å². The number of ether oxygens (including phenoxy) is 2. The van der Waals surface area contributed by atoms with Gasteiger partial charge >= 0.3 is 11.9 Å². The van der Waals surface area contributed by atoms with Gasteiger partial charge in [-0.2, -0.15) is 0 Å². The molecule has 0 N–H and O–H groups in total. The Bertz CT molecular complexity index is 664. The summed E-state index contributed by atoms with van der Waals surface area (Å²) in [5.74, 6) is -0.320. The zero-order valence-corrected chi connectivity index (χ0v) is 15.1. The maximum absolute atomic E-state index is 11.6. The number of nitrogens with zero attached hydrogens (tertiary/aromatic N) is 2. The van der Waals surface area contributed by atoms with Crippen molar-refractivity contribution in [1.29, 1.82) is 0 Å². The second-order valence-electron chi connectivity index (χ2n) is 4.51. The molecule has 0 aliphatic heterocycles. The molecule has 1 heterocycles. The lowest BCUT2D eigenvalue weighted by Gasteiger charge is -2.09. The second kappa shape index (κ2) is 9.48. The molecule has 0 aliphatic carbocycles. The lowest BCUT2D eigenvalue weighted by Crippen LogP contribution is -2.08. The third-order valence-electron chi connectivity index (χ3n) is 2.77. The van der Waals surface area contributed by atoms with Crippen LogP contribution in [0.5, 0.6) is 0 Å². The molecule has 0 radical (unpaired) electrons. The molecular formula is C16H18N2O4S2. The molecule has 0 saturated heterocycles. The number of benzene rings is 1. The normalized spacial score (nSPS) is 10.6. The molecule has 1 aromatic carbocycles. The van der Waals surface area contributed by atoms with Gasteiger partial charge in [0.15, 0.2) is 0 Å². The molecule has 0 spiro atoms. The van der Waals surface area contributed by atoms with Gasteiger partial charge in [-0.1, -0.05) is 35.7 Å². The number of fused-ring (bicyclic) bond motifs is 1. The number of hydrogen-bond donors (Lipinski definition) is 0. The lowest BCUT2D eigenvalue weighted by molar-refractivity contribution is -0.140. The molecule has 6 nitrogen and oxygen atoms in total. The number of esters is 2. The fraction of sp³-hybridized carbons (Fsp3) is 0.375. The van der Waals surface area contributed by atoms with Crippen LogP contribution in [0.15, 0.2) is 34.3 Å². The Labute approximate surface area is 148 Å². The molecule has 8 heteroatoms. The van der Waals surface area contributed by atoms with Crippen molar-refractivity contribution >= 4 is 46.5 Å². The van der Waals surface area contributed by atoms with Gasteiger partial charge < -0.3 is 9.47 Å². The first-order valence-electron chi connectivity index (χ1n) is 7.47. The number of carbonyl (C=O) groups excluding carboxylic acids is 2. The largest absolute Gasteiger partial charge is 0.465 e. The third kappa shape index (κ3) is 5.38. The van der Waals surface area contributed by atoms with E-state index in [0.717, 1.165) is 11.0 Å². The topological polar surface area (TPSA) is 78.4 Å². The highest BCUT2D eigenvalue weighted by atomic mass is 32.2. The quantitative estimate of drug-likeness (QED) is 0.521. The summed E-state index contributed by atoms with van der Waals surface area (Å²) in [6, 6.07) is 7.47. The predicted octanol–water partition coefficient (Wildman–Crippen LogP) is 2.94. The van der Waals surface area contributed by atoms with Crippen molar-refractivity contribution in [3.8, 4) is 0 Å². The molecule has 0 saturated carbocycles. The van der Waals surface area contributed by atoms with Crippen molar-refractivity contribution in [2.75, 3.05) is 24.7 Å². The molecule has 0 unspecified atom stereocenters. The molecule has 0 bridgehead atoms. The summed E-state index contributed by atoms with van der Waals surface area (Å²) < 4.78 is 9.86. The van der Waals surface area contributed by atoms with Crippen LogP contribution in [-0.2, 0) is 19.1 Å². The first kappa shape index (κ1) is 18.5. The minimum atomic E-state index is -0.307. The molecule has 0 atom stereocenters. The van der Waals surface area contributed by atoms with Crippen molar-refractivity contribution in [1.82, 2.24) is 9.97 Å². The van der Waals surface area contributed by atoms with Gasteiger partial charge in [0, 0.05) is 0 Å². The van der Waals surface area contributed by atoms with Crippen LogP contribution < -0.4 is 0 Å². The van der Waals surface area contributed by atoms with Crippen LogP contribution in [-0.4, -0.2) is 46.6 Å². The minimum Gasteiger partial charge on any atom is -0.465 e. The van der Waals surface area contributed by atoms with Gasteiger partial charge in [-0.3, -0.25) is 9.59 Å². The van der Waals surface area contributed by atoms with Gasteiger partial charge in [0.2, 0.25) is 0 Å². The van der Waals surface area contributed by atoms with Crippen LogP contribution in [0.25, 0.3) is 11.0 Å². The van der Waals surface area contributed by atoms with Crippen molar-refractivity contribution in [3.05, 3.63) is 24.3 Å². The zero-order chi connectivity index (χ0) is 17.4. The van der Waals surface area contributed by atoms with Crippen molar-refractivity contribution < 1.29 is 19.1 Å². The molecule has 128 valence electrons. The van der Waals surface area contributed by atoms with E-state index >= 15 is 0 Å². The van der Waals surface area contributed by atoms with E-state index in [0.29, 0.717) is 23.3 Å². The van der Waals surface area contributed by atoms with Crippen molar-refractivity contribution in [2.45, 2.75) is 23.9 Å². The number of rotatable bonds is 8. The summed E-state index contributed by atoms with van der Waals surface area (Å²) in [6.07, 6.45) is 0. The number of thioether (sulfide) groups is 2. The van der Waals surface area contributed by atoms with Crippen LogP contribution in [0.1, 0.15) is 13.8 Å². The SMILES string of the molecule is CCOC(=O)CSc1nc2ccccc2nc1SCC(=O)OCC. The van der Waals surface area contributed by atoms with Crippen LogP contribution in [0.3, 0.4) is 0 Å². The smallest absolute Gasteiger partial charge is 0.316 e. The Hall–Kier alpha value is -1.80. The number of para-hydroxylation sites is 2. The van der Waals surface area contributed by atoms with Gasteiger partial charge in [-0.15, -0.1) is 0 Å². The van der Waals surface area contributed by atoms with E-state index in [1.165, 1.54) is 23.5 Å². The fourth-order valence-corrected chi connectivity index (χ4v) is 3.51. The van der Waals surface area contributed by atoms with E-state index in [1.54, 1.807) is 13.8 Å².